The number of carboxylic acid groups (broad SMARTS) is 1. The molecule has 0 spiro atoms. The Balaban J connectivity index is 2.86. The monoisotopic (exact) mass is 306 g/mol. The van der Waals surface area contributed by atoms with E-state index in [1.54, 1.807) is 0 Å². The van der Waals surface area contributed by atoms with Gasteiger partial charge < -0.3 is 10.4 Å². The molecule has 1 aromatic rings. The maximum atomic E-state index is 12.8. The number of thioether (sulfide) groups is 1. The standard InChI is InChI=1S/C12H16F2N2O3S/c1-7-3-4-9(16(7)12(13)14)10(17)15-8(11(18)19)5-6-20-2/h3-4,8,12H,5-6H2,1-2H3,(H,15,17)(H,18,19)/t8-/m1/s1. The molecule has 0 saturated heterocycles. The second-order valence-electron chi connectivity index (χ2n) is 4.15. The highest BCUT2D eigenvalue weighted by Crippen LogP contribution is 2.18. The van der Waals surface area contributed by atoms with Crippen molar-refractivity contribution in [1.29, 1.82) is 0 Å². The maximum Gasteiger partial charge on any atom is 0.326 e. The summed E-state index contributed by atoms with van der Waals surface area (Å²) >= 11 is 1.44. The molecule has 0 unspecified atom stereocenters. The van der Waals surface area contributed by atoms with Crippen LogP contribution in [0.5, 0.6) is 0 Å². The van der Waals surface area contributed by atoms with Crippen LogP contribution in [0.3, 0.4) is 0 Å². The van der Waals surface area contributed by atoms with Gasteiger partial charge in [-0.05, 0) is 37.5 Å². The van der Waals surface area contributed by atoms with E-state index in [-0.39, 0.29) is 17.8 Å². The zero-order valence-electron chi connectivity index (χ0n) is 11.1. The molecule has 0 aliphatic heterocycles. The average molecular weight is 306 g/mol. The van der Waals surface area contributed by atoms with E-state index in [0.717, 1.165) is 0 Å². The highest BCUT2D eigenvalue weighted by atomic mass is 32.2. The lowest BCUT2D eigenvalue weighted by atomic mass is 10.2. The van der Waals surface area contributed by atoms with E-state index in [0.29, 0.717) is 10.3 Å². The van der Waals surface area contributed by atoms with Crippen molar-refractivity contribution in [3.63, 3.8) is 0 Å². The molecular formula is C12H16F2N2O3S. The van der Waals surface area contributed by atoms with Crippen LogP contribution in [0.4, 0.5) is 8.78 Å². The quantitative estimate of drug-likeness (QED) is 0.809. The molecular weight excluding hydrogens is 290 g/mol. The van der Waals surface area contributed by atoms with Crippen molar-refractivity contribution in [3.05, 3.63) is 23.5 Å². The van der Waals surface area contributed by atoms with Crippen molar-refractivity contribution in [2.45, 2.75) is 25.9 Å². The highest BCUT2D eigenvalue weighted by molar-refractivity contribution is 7.98. The Morgan fingerprint density at radius 3 is 2.60 bits per heavy atom. The minimum atomic E-state index is -2.85. The lowest BCUT2D eigenvalue weighted by Gasteiger charge is -2.15. The molecule has 2 N–H and O–H groups in total. The third-order valence-electron chi connectivity index (χ3n) is 2.76. The zero-order valence-corrected chi connectivity index (χ0v) is 11.9. The summed E-state index contributed by atoms with van der Waals surface area (Å²) in [7, 11) is 0. The fraction of sp³-hybridized carbons (Fsp3) is 0.500. The minimum absolute atomic E-state index is 0.233. The maximum absolute atomic E-state index is 12.8. The van der Waals surface area contributed by atoms with Crippen molar-refractivity contribution in [3.8, 4) is 0 Å². The number of amides is 1. The number of carboxylic acids is 1. The first-order valence-corrected chi connectivity index (χ1v) is 7.26. The van der Waals surface area contributed by atoms with Crippen molar-refractivity contribution < 1.29 is 23.5 Å². The van der Waals surface area contributed by atoms with Crippen molar-refractivity contribution in [1.82, 2.24) is 9.88 Å². The van der Waals surface area contributed by atoms with Crippen LogP contribution < -0.4 is 5.32 Å². The first-order chi connectivity index (χ1) is 9.38. The molecule has 1 aromatic heterocycles. The molecule has 5 nitrogen and oxygen atoms in total. The van der Waals surface area contributed by atoms with Gasteiger partial charge in [0.05, 0.1) is 0 Å². The van der Waals surface area contributed by atoms with Crippen molar-refractivity contribution in [2.24, 2.45) is 0 Å². The zero-order chi connectivity index (χ0) is 15.3. The fourth-order valence-electron chi connectivity index (χ4n) is 1.72. The lowest BCUT2D eigenvalue weighted by Crippen LogP contribution is -2.42. The molecule has 0 aliphatic carbocycles. The molecule has 112 valence electrons. The SMILES string of the molecule is CSCC[C@@H](NC(=O)c1ccc(C)n1C(F)F)C(=O)O. The number of nitrogens with one attached hydrogen (secondary N) is 1. The summed E-state index contributed by atoms with van der Waals surface area (Å²) in [6.45, 7) is -1.40. The number of halogens is 2. The van der Waals surface area contributed by atoms with Gasteiger partial charge in [0.15, 0.2) is 0 Å². The van der Waals surface area contributed by atoms with Gasteiger partial charge in [-0.25, -0.2) is 4.79 Å². The summed E-state index contributed by atoms with van der Waals surface area (Å²) in [5.74, 6) is -1.45. The molecule has 0 aliphatic rings. The molecule has 1 atom stereocenters. The number of hydrogen-bond acceptors (Lipinski definition) is 3. The van der Waals surface area contributed by atoms with E-state index in [1.165, 1.54) is 30.8 Å². The Labute approximate surface area is 119 Å². The smallest absolute Gasteiger partial charge is 0.326 e. The second kappa shape index (κ2) is 7.28. The van der Waals surface area contributed by atoms with Crippen LogP contribution in [0, 0.1) is 6.92 Å². The fourth-order valence-corrected chi connectivity index (χ4v) is 2.19. The molecule has 0 saturated carbocycles. The Morgan fingerprint density at radius 2 is 2.10 bits per heavy atom. The van der Waals surface area contributed by atoms with Crippen LogP contribution in [0.25, 0.3) is 0 Å². The topological polar surface area (TPSA) is 71.3 Å². The van der Waals surface area contributed by atoms with E-state index in [1.807, 2.05) is 6.26 Å². The minimum Gasteiger partial charge on any atom is -0.480 e. The van der Waals surface area contributed by atoms with E-state index in [4.69, 9.17) is 5.11 Å². The van der Waals surface area contributed by atoms with Gasteiger partial charge in [0.2, 0.25) is 0 Å². The van der Waals surface area contributed by atoms with E-state index < -0.39 is 24.5 Å². The molecule has 0 fully saturated rings. The summed E-state index contributed by atoms with van der Waals surface area (Å²) in [6, 6.07) is 1.56. The molecule has 1 rings (SSSR count). The summed E-state index contributed by atoms with van der Waals surface area (Å²) in [4.78, 5) is 22.9. The van der Waals surface area contributed by atoms with Gasteiger partial charge in [-0.3, -0.25) is 9.36 Å². The van der Waals surface area contributed by atoms with E-state index in [9.17, 15) is 18.4 Å². The lowest BCUT2D eigenvalue weighted by molar-refractivity contribution is -0.139. The Morgan fingerprint density at radius 1 is 1.45 bits per heavy atom. The predicted molar refractivity (Wildman–Crippen MR) is 72.3 cm³/mol. The van der Waals surface area contributed by atoms with Crippen LogP contribution in [0.15, 0.2) is 12.1 Å². The largest absolute Gasteiger partial charge is 0.480 e. The molecule has 1 amide bonds. The van der Waals surface area contributed by atoms with Crippen molar-refractivity contribution >= 4 is 23.6 Å². The highest BCUT2D eigenvalue weighted by Gasteiger charge is 2.24. The first-order valence-electron chi connectivity index (χ1n) is 5.87. The molecule has 0 bridgehead atoms. The van der Waals surface area contributed by atoms with Crippen LogP contribution in [-0.4, -0.2) is 39.6 Å². The molecule has 8 heteroatoms. The van der Waals surface area contributed by atoms with Gasteiger partial charge in [-0.2, -0.15) is 20.5 Å². The average Bonchev–Trinajstić information content (AvgIpc) is 2.75. The van der Waals surface area contributed by atoms with Gasteiger partial charge >= 0.3 is 12.5 Å². The number of rotatable bonds is 7. The summed E-state index contributed by atoms with van der Waals surface area (Å²) in [5.41, 5.74) is -0.00552. The Bertz CT molecular complexity index is 491. The van der Waals surface area contributed by atoms with Crippen LogP contribution in [0.2, 0.25) is 0 Å². The molecule has 0 radical (unpaired) electrons. The predicted octanol–water partition coefficient (Wildman–Crippen LogP) is 2.13. The van der Waals surface area contributed by atoms with Gasteiger partial charge in [-0.1, -0.05) is 0 Å². The van der Waals surface area contributed by atoms with E-state index in [2.05, 4.69) is 5.32 Å². The normalized spacial score (nSPS) is 12.4. The number of aromatic nitrogens is 1. The number of alkyl halides is 2. The third-order valence-corrected chi connectivity index (χ3v) is 3.41. The number of nitrogens with zero attached hydrogens (tertiary/aromatic N) is 1. The summed E-state index contributed by atoms with van der Waals surface area (Å²) in [6.07, 6.45) is 2.04. The molecule has 1 heterocycles. The van der Waals surface area contributed by atoms with Crippen molar-refractivity contribution in [2.75, 3.05) is 12.0 Å². The number of aryl methyl sites for hydroxylation is 1. The number of hydrogen-bond donors (Lipinski definition) is 2. The van der Waals surface area contributed by atoms with Gasteiger partial charge in [0.25, 0.3) is 5.91 Å². The molecule has 20 heavy (non-hydrogen) atoms. The summed E-state index contributed by atoms with van der Waals surface area (Å²) in [5, 5.41) is 11.3. The number of aliphatic carboxylic acids is 1. The second-order valence-corrected chi connectivity index (χ2v) is 5.14. The van der Waals surface area contributed by atoms with Gasteiger partial charge in [0, 0.05) is 5.69 Å². The number of carbonyl (C=O) groups excluding carboxylic acids is 1. The van der Waals surface area contributed by atoms with Gasteiger partial charge in [-0.15, -0.1) is 0 Å². The van der Waals surface area contributed by atoms with Gasteiger partial charge in [0.1, 0.15) is 11.7 Å². The van der Waals surface area contributed by atoms with Crippen LogP contribution in [0.1, 0.15) is 29.2 Å². The Kier molecular flexibility index (Phi) is 6.00. The van der Waals surface area contributed by atoms with E-state index >= 15 is 0 Å². The van der Waals surface area contributed by atoms with Crippen LogP contribution in [-0.2, 0) is 4.79 Å². The Hall–Kier alpha value is -1.57. The number of carbonyl (C=O) groups is 2. The first kappa shape index (κ1) is 16.5. The van der Waals surface area contributed by atoms with Crippen LogP contribution >= 0.6 is 11.8 Å². The third kappa shape index (κ3) is 3.96. The molecule has 0 aromatic carbocycles. The summed E-state index contributed by atoms with van der Waals surface area (Å²) < 4.78 is 26.3.